The van der Waals surface area contributed by atoms with Gasteiger partial charge in [-0.1, -0.05) is 31.2 Å². The summed E-state index contributed by atoms with van der Waals surface area (Å²) in [7, 11) is 0. The Bertz CT molecular complexity index is 869. The smallest absolute Gasteiger partial charge is 0.404 e. The lowest BCUT2D eigenvalue weighted by atomic mass is 10.1. The van der Waals surface area contributed by atoms with Crippen molar-refractivity contribution in [2.75, 3.05) is 5.32 Å². The Labute approximate surface area is 167 Å². The number of para-hydroxylation sites is 2. The van der Waals surface area contributed by atoms with E-state index >= 15 is 0 Å². The zero-order valence-corrected chi connectivity index (χ0v) is 16.1. The zero-order chi connectivity index (χ0) is 21.4. The number of benzene rings is 2. The van der Waals surface area contributed by atoms with Gasteiger partial charge in [0.05, 0.1) is 12.2 Å². The average Bonchev–Trinajstić information content (AvgIpc) is 2.67. The standard InChI is InChI=1S/C20H23F3N4O2/c1-3-13(2)26-18(28)15-8-6-7-14(11-15)12-25-19(24)27-16-9-4-5-10-17(16)29-20(21,22)23/h4-11,13H,3,12H2,1-2H3,(H,26,28)(H3,24,25,27). The van der Waals surface area contributed by atoms with E-state index in [1.165, 1.54) is 24.3 Å². The number of hydrogen-bond acceptors (Lipinski definition) is 3. The van der Waals surface area contributed by atoms with E-state index in [1.54, 1.807) is 24.3 Å². The molecule has 0 aliphatic rings. The van der Waals surface area contributed by atoms with Crippen molar-refractivity contribution in [3.63, 3.8) is 0 Å². The molecular formula is C20H23F3N4O2. The van der Waals surface area contributed by atoms with Gasteiger partial charge in [0.25, 0.3) is 5.91 Å². The van der Waals surface area contributed by atoms with Gasteiger partial charge in [0.2, 0.25) is 0 Å². The van der Waals surface area contributed by atoms with E-state index in [-0.39, 0.29) is 30.1 Å². The van der Waals surface area contributed by atoms with E-state index in [2.05, 4.69) is 20.4 Å². The predicted octanol–water partition coefficient (Wildman–Crippen LogP) is 4.04. The number of anilines is 1. The lowest BCUT2D eigenvalue weighted by Crippen LogP contribution is -2.31. The monoisotopic (exact) mass is 408 g/mol. The first kappa shape index (κ1) is 22.1. The number of nitrogens with two attached hydrogens (primary N) is 1. The predicted molar refractivity (Wildman–Crippen MR) is 106 cm³/mol. The third-order valence-corrected chi connectivity index (χ3v) is 3.99. The Balaban J connectivity index is 2.06. The van der Waals surface area contributed by atoms with Crippen LogP contribution in [0, 0.1) is 0 Å². The van der Waals surface area contributed by atoms with Gasteiger partial charge in [0.1, 0.15) is 0 Å². The summed E-state index contributed by atoms with van der Waals surface area (Å²) in [5, 5.41) is 5.48. The van der Waals surface area contributed by atoms with Crippen LogP contribution in [-0.4, -0.2) is 24.3 Å². The summed E-state index contributed by atoms with van der Waals surface area (Å²) in [6.45, 7) is 4.04. The number of alkyl halides is 3. The van der Waals surface area contributed by atoms with Crippen LogP contribution >= 0.6 is 0 Å². The van der Waals surface area contributed by atoms with Crippen LogP contribution in [-0.2, 0) is 6.54 Å². The molecule has 29 heavy (non-hydrogen) atoms. The lowest BCUT2D eigenvalue weighted by molar-refractivity contribution is -0.274. The molecule has 0 saturated carbocycles. The van der Waals surface area contributed by atoms with E-state index in [9.17, 15) is 18.0 Å². The van der Waals surface area contributed by atoms with Crippen LogP contribution in [0.5, 0.6) is 5.75 Å². The number of aliphatic imine (C=N–C) groups is 1. The number of ether oxygens (including phenoxy) is 1. The van der Waals surface area contributed by atoms with Crippen molar-refractivity contribution < 1.29 is 22.7 Å². The van der Waals surface area contributed by atoms with Gasteiger partial charge in [-0.25, -0.2) is 4.99 Å². The maximum Gasteiger partial charge on any atom is 0.573 e. The first-order valence-corrected chi connectivity index (χ1v) is 8.99. The van der Waals surface area contributed by atoms with E-state index in [0.29, 0.717) is 5.56 Å². The van der Waals surface area contributed by atoms with Crippen molar-refractivity contribution in [1.29, 1.82) is 0 Å². The first-order chi connectivity index (χ1) is 13.7. The maximum atomic E-state index is 12.5. The van der Waals surface area contributed by atoms with Crippen LogP contribution in [0.2, 0.25) is 0 Å². The number of carbonyl (C=O) groups is 1. The molecule has 0 bridgehead atoms. The highest BCUT2D eigenvalue weighted by Gasteiger charge is 2.32. The van der Waals surface area contributed by atoms with E-state index in [4.69, 9.17) is 5.73 Å². The number of hydrogen-bond donors (Lipinski definition) is 3. The Morgan fingerprint density at radius 1 is 1.21 bits per heavy atom. The Morgan fingerprint density at radius 3 is 2.62 bits per heavy atom. The van der Waals surface area contributed by atoms with E-state index < -0.39 is 12.1 Å². The molecule has 2 aromatic rings. The van der Waals surface area contributed by atoms with Crippen molar-refractivity contribution in [3.8, 4) is 5.75 Å². The Hall–Kier alpha value is -3.23. The number of rotatable bonds is 7. The highest BCUT2D eigenvalue weighted by atomic mass is 19.4. The number of nitrogens with one attached hydrogen (secondary N) is 2. The van der Waals surface area contributed by atoms with Crippen molar-refractivity contribution >= 4 is 17.6 Å². The fraction of sp³-hybridized carbons (Fsp3) is 0.300. The van der Waals surface area contributed by atoms with Crippen LogP contribution in [0.25, 0.3) is 0 Å². The Kier molecular flexibility index (Phi) is 7.46. The van der Waals surface area contributed by atoms with Gasteiger partial charge in [-0.3, -0.25) is 4.79 Å². The second-order valence-corrected chi connectivity index (χ2v) is 6.35. The number of guanidine groups is 1. The topological polar surface area (TPSA) is 88.7 Å². The summed E-state index contributed by atoms with van der Waals surface area (Å²) in [5.74, 6) is -0.686. The van der Waals surface area contributed by atoms with Gasteiger partial charge in [0.15, 0.2) is 11.7 Å². The number of carbonyl (C=O) groups excluding carboxylic acids is 1. The largest absolute Gasteiger partial charge is 0.573 e. The zero-order valence-electron chi connectivity index (χ0n) is 16.1. The van der Waals surface area contributed by atoms with E-state index in [1.807, 2.05) is 13.8 Å². The normalized spacial score (nSPS) is 12.9. The molecule has 2 aromatic carbocycles. The Morgan fingerprint density at radius 2 is 1.93 bits per heavy atom. The van der Waals surface area contributed by atoms with E-state index in [0.717, 1.165) is 12.0 Å². The van der Waals surface area contributed by atoms with Crippen molar-refractivity contribution in [2.24, 2.45) is 10.7 Å². The summed E-state index contributed by atoms with van der Waals surface area (Å²) >= 11 is 0. The minimum Gasteiger partial charge on any atom is -0.404 e. The third kappa shape index (κ3) is 7.36. The van der Waals surface area contributed by atoms with Gasteiger partial charge in [0, 0.05) is 11.6 Å². The molecule has 0 fully saturated rings. The molecule has 0 aliphatic heterocycles. The first-order valence-electron chi connectivity index (χ1n) is 8.99. The third-order valence-electron chi connectivity index (χ3n) is 3.99. The summed E-state index contributed by atoms with van der Waals surface area (Å²) in [4.78, 5) is 16.3. The second-order valence-electron chi connectivity index (χ2n) is 6.35. The highest BCUT2D eigenvalue weighted by molar-refractivity contribution is 5.95. The van der Waals surface area contributed by atoms with Crippen molar-refractivity contribution in [2.45, 2.75) is 39.2 Å². The van der Waals surface area contributed by atoms with Gasteiger partial charge in [-0.15, -0.1) is 13.2 Å². The minimum atomic E-state index is -4.82. The number of nitrogens with zero attached hydrogens (tertiary/aromatic N) is 1. The molecule has 0 aromatic heterocycles. The molecular weight excluding hydrogens is 385 g/mol. The molecule has 0 saturated heterocycles. The molecule has 2 rings (SSSR count). The fourth-order valence-corrected chi connectivity index (χ4v) is 2.36. The molecule has 0 radical (unpaired) electrons. The van der Waals surface area contributed by atoms with Crippen LogP contribution in [0.1, 0.15) is 36.2 Å². The molecule has 0 spiro atoms. The molecule has 1 atom stereocenters. The summed E-state index contributed by atoms with van der Waals surface area (Å²) in [6, 6.07) is 12.5. The quantitative estimate of drug-likeness (QED) is 0.477. The second kappa shape index (κ2) is 9.81. The van der Waals surface area contributed by atoms with Gasteiger partial charge >= 0.3 is 6.36 Å². The molecule has 6 nitrogen and oxygen atoms in total. The average molecular weight is 408 g/mol. The van der Waals surface area contributed by atoms with Crippen LogP contribution in [0.15, 0.2) is 53.5 Å². The SMILES string of the molecule is CCC(C)NC(=O)c1cccc(CN=C(N)Nc2ccccc2OC(F)(F)F)c1. The van der Waals surface area contributed by atoms with Crippen molar-refractivity contribution in [3.05, 3.63) is 59.7 Å². The summed E-state index contributed by atoms with van der Waals surface area (Å²) < 4.78 is 41.4. The lowest BCUT2D eigenvalue weighted by Gasteiger charge is -2.14. The fourth-order valence-electron chi connectivity index (χ4n) is 2.36. The van der Waals surface area contributed by atoms with Gasteiger partial charge < -0.3 is 21.1 Å². The minimum absolute atomic E-state index is 0.0350. The molecule has 1 amide bonds. The van der Waals surface area contributed by atoms with Crippen LogP contribution in [0.3, 0.4) is 0 Å². The highest BCUT2D eigenvalue weighted by Crippen LogP contribution is 2.29. The number of amides is 1. The van der Waals surface area contributed by atoms with Crippen LogP contribution in [0.4, 0.5) is 18.9 Å². The molecule has 1 unspecified atom stereocenters. The molecule has 0 aliphatic carbocycles. The van der Waals surface area contributed by atoms with Gasteiger partial charge in [-0.2, -0.15) is 0 Å². The molecule has 156 valence electrons. The van der Waals surface area contributed by atoms with Crippen LogP contribution < -0.4 is 21.1 Å². The van der Waals surface area contributed by atoms with Gasteiger partial charge in [-0.05, 0) is 43.2 Å². The number of halogens is 3. The van der Waals surface area contributed by atoms with Crippen molar-refractivity contribution in [1.82, 2.24) is 5.32 Å². The molecule has 9 heteroatoms. The molecule has 0 heterocycles. The summed E-state index contributed by atoms with van der Waals surface area (Å²) in [5.41, 5.74) is 7.05. The summed E-state index contributed by atoms with van der Waals surface area (Å²) in [6.07, 6.45) is -4.00. The maximum absolute atomic E-state index is 12.5. The molecule has 4 N–H and O–H groups in total.